The number of aliphatic carboxylic acids is 1. The first-order chi connectivity index (χ1) is 16.6. The van der Waals surface area contributed by atoms with Crippen LogP contribution in [-0.4, -0.2) is 24.0 Å². The van der Waals surface area contributed by atoms with E-state index in [2.05, 4.69) is 6.58 Å². The normalized spacial score (nSPS) is 11.1. The molecule has 0 saturated heterocycles. The Balaban J connectivity index is 1.82. The lowest BCUT2D eigenvalue weighted by molar-refractivity contribution is -0.139. The molecule has 0 aliphatic heterocycles. The van der Waals surface area contributed by atoms with Crippen LogP contribution in [0, 0.1) is 5.82 Å². The summed E-state index contributed by atoms with van der Waals surface area (Å²) in [6.07, 6.45) is -3.40. The molecule has 3 aromatic carbocycles. The zero-order valence-electron chi connectivity index (χ0n) is 18.3. The summed E-state index contributed by atoms with van der Waals surface area (Å²) in [6, 6.07) is 12.6. The second-order valence-corrected chi connectivity index (χ2v) is 7.43. The topological polar surface area (TPSA) is 72.8 Å². The van der Waals surface area contributed by atoms with E-state index < -0.39 is 29.3 Å². The van der Waals surface area contributed by atoms with Crippen LogP contribution in [0.1, 0.15) is 27.0 Å². The van der Waals surface area contributed by atoms with Gasteiger partial charge in [-0.25, -0.2) is 4.39 Å². The van der Waals surface area contributed by atoms with Crippen LogP contribution in [0.25, 0.3) is 11.1 Å². The molecule has 0 bridgehead atoms. The average Bonchev–Trinajstić information content (AvgIpc) is 2.81. The number of alkyl halides is 3. The Morgan fingerprint density at radius 1 is 1.00 bits per heavy atom. The maximum absolute atomic E-state index is 14.7. The molecule has 0 aromatic heterocycles. The number of carbonyl (C=O) groups excluding carboxylic acids is 1. The van der Waals surface area contributed by atoms with Crippen molar-refractivity contribution in [3.63, 3.8) is 0 Å². The standard InChI is InChI=1S/C26H20F4O5/c1-2-11-34-25-20(14-31)19(7-9-21(25)26(28,29)30)15-35-23-10-8-18(13-22(23)27)17-5-3-16(4-6-17)12-24(32)33/h2-10,13-14H,1,11-12,15H2,(H,32,33). The summed E-state index contributed by atoms with van der Waals surface area (Å²) in [5.74, 6) is -2.49. The second-order valence-electron chi connectivity index (χ2n) is 7.43. The molecule has 3 aromatic rings. The summed E-state index contributed by atoms with van der Waals surface area (Å²) in [7, 11) is 0. The predicted octanol–water partition coefficient (Wildman–Crippen LogP) is 6.09. The van der Waals surface area contributed by atoms with E-state index in [9.17, 15) is 27.2 Å². The summed E-state index contributed by atoms with van der Waals surface area (Å²) in [5.41, 5.74) is 0.389. The Morgan fingerprint density at radius 3 is 2.26 bits per heavy atom. The van der Waals surface area contributed by atoms with E-state index in [0.717, 1.165) is 12.1 Å². The van der Waals surface area contributed by atoms with Crippen LogP contribution in [0.4, 0.5) is 17.6 Å². The lowest BCUT2D eigenvalue weighted by Crippen LogP contribution is -2.13. The molecular weight excluding hydrogens is 468 g/mol. The van der Waals surface area contributed by atoms with E-state index in [-0.39, 0.29) is 42.8 Å². The van der Waals surface area contributed by atoms with Gasteiger partial charge in [0.1, 0.15) is 19.0 Å². The largest absolute Gasteiger partial charge is 0.488 e. The molecule has 0 aliphatic rings. The summed E-state index contributed by atoms with van der Waals surface area (Å²) < 4.78 is 65.3. The molecule has 0 atom stereocenters. The third-order valence-electron chi connectivity index (χ3n) is 5.01. The molecule has 1 N–H and O–H groups in total. The smallest absolute Gasteiger partial charge is 0.419 e. The predicted molar refractivity (Wildman–Crippen MR) is 120 cm³/mol. The Morgan fingerprint density at radius 2 is 1.69 bits per heavy atom. The Labute approximate surface area is 198 Å². The van der Waals surface area contributed by atoms with Gasteiger partial charge in [-0.05, 0) is 34.9 Å². The highest BCUT2D eigenvalue weighted by molar-refractivity contribution is 5.83. The van der Waals surface area contributed by atoms with Gasteiger partial charge >= 0.3 is 12.1 Å². The molecule has 35 heavy (non-hydrogen) atoms. The highest BCUT2D eigenvalue weighted by atomic mass is 19.4. The number of benzene rings is 3. The van der Waals surface area contributed by atoms with Crippen molar-refractivity contribution in [2.45, 2.75) is 19.2 Å². The molecule has 0 radical (unpaired) electrons. The van der Waals surface area contributed by atoms with Gasteiger partial charge in [-0.1, -0.05) is 49.1 Å². The first kappa shape index (κ1) is 25.5. The van der Waals surface area contributed by atoms with Gasteiger partial charge in [-0.15, -0.1) is 0 Å². The van der Waals surface area contributed by atoms with Crippen LogP contribution >= 0.6 is 0 Å². The van der Waals surface area contributed by atoms with E-state index >= 15 is 0 Å². The fourth-order valence-electron chi connectivity index (χ4n) is 3.36. The lowest BCUT2D eigenvalue weighted by Gasteiger charge is -2.18. The molecule has 0 fully saturated rings. The van der Waals surface area contributed by atoms with Crippen molar-refractivity contribution < 1.29 is 41.7 Å². The van der Waals surface area contributed by atoms with Gasteiger partial charge in [0, 0.05) is 5.56 Å². The van der Waals surface area contributed by atoms with E-state index in [1.807, 2.05) is 0 Å². The van der Waals surface area contributed by atoms with E-state index in [0.29, 0.717) is 16.7 Å². The number of halogens is 4. The van der Waals surface area contributed by atoms with Gasteiger partial charge in [0.05, 0.1) is 17.5 Å². The second kappa shape index (κ2) is 10.9. The van der Waals surface area contributed by atoms with Crippen molar-refractivity contribution in [1.82, 2.24) is 0 Å². The Kier molecular flexibility index (Phi) is 7.91. The number of hydrogen-bond acceptors (Lipinski definition) is 4. The van der Waals surface area contributed by atoms with Gasteiger partial charge in [0.25, 0.3) is 0 Å². The van der Waals surface area contributed by atoms with E-state index in [1.54, 1.807) is 30.3 Å². The van der Waals surface area contributed by atoms with Gasteiger partial charge in [-0.3, -0.25) is 9.59 Å². The lowest BCUT2D eigenvalue weighted by atomic mass is 10.0. The van der Waals surface area contributed by atoms with Crippen molar-refractivity contribution in [2.75, 3.05) is 6.61 Å². The molecule has 0 aliphatic carbocycles. The van der Waals surface area contributed by atoms with Gasteiger partial charge in [0.15, 0.2) is 17.9 Å². The molecule has 3 rings (SSSR count). The summed E-state index contributed by atoms with van der Waals surface area (Å²) >= 11 is 0. The first-order valence-corrected chi connectivity index (χ1v) is 10.3. The summed E-state index contributed by atoms with van der Waals surface area (Å²) in [6.45, 7) is 2.76. The fraction of sp³-hybridized carbons (Fsp3) is 0.154. The van der Waals surface area contributed by atoms with Crippen LogP contribution in [-0.2, 0) is 24.0 Å². The SMILES string of the molecule is C=CCOc1c(C(F)(F)F)ccc(COc2ccc(-c3ccc(CC(=O)O)cc3)cc2F)c1C=O. The van der Waals surface area contributed by atoms with Gasteiger partial charge < -0.3 is 14.6 Å². The third-order valence-corrected chi connectivity index (χ3v) is 5.01. The zero-order chi connectivity index (χ0) is 25.6. The van der Waals surface area contributed by atoms with Crippen molar-refractivity contribution in [2.24, 2.45) is 0 Å². The van der Waals surface area contributed by atoms with E-state index in [1.165, 1.54) is 18.2 Å². The minimum atomic E-state index is -4.75. The molecule has 0 heterocycles. The summed E-state index contributed by atoms with van der Waals surface area (Å²) in [5, 5.41) is 8.84. The highest BCUT2D eigenvalue weighted by Crippen LogP contribution is 2.39. The number of aldehydes is 1. The molecule has 0 unspecified atom stereocenters. The monoisotopic (exact) mass is 488 g/mol. The quantitative estimate of drug-likeness (QED) is 0.212. The molecule has 182 valence electrons. The van der Waals surface area contributed by atoms with Crippen LogP contribution in [0.2, 0.25) is 0 Å². The molecule has 5 nitrogen and oxygen atoms in total. The highest BCUT2D eigenvalue weighted by Gasteiger charge is 2.36. The van der Waals surface area contributed by atoms with E-state index in [4.69, 9.17) is 14.6 Å². The van der Waals surface area contributed by atoms with Crippen molar-refractivity contribution >= 4 is 12.3 Å². The molecule has 9 heteroatoms. The summed E-state index contributed by atoms with van der Waals surface area (Å²) in [4.78, 5) is 22.4. The van der Waals surface area contributed by atoms with Crippen LogP contribution in [0.5, 0.6) is 11.5 Å². The number of hydrogen-bond donors (Lipinski definition) is 1. The third kappa shape index (κ3) is 6.26. The maximum Gasteiger partial charge on any atom is 0.419 e. The molecule has 0 amide bonds. The van der Waals surface area contributed by atoms with Crippen LogP contribution in [0.15, 0.2) is 67.3 Å². The average molecular weight is 488 g/mol. The number of ether oxygens (including phenoxy) is 2. The number of carbonyl (C=O) groups is 2. The first-order valence-electron chi connectivity index (χ1n) is 10.3. The van der Waals surface area contributed by atoms with Crippen molar-refractivity contribution in [3.8, 4) is 22.6 Å². The minimum Gasteiger partial charge on any atom is -0.488 e. The van der Waals surface area contributed by atoms with Crippen molar-refractivity contribution in [1.29, 1.82) is 0 Å². The number of carboxylic acid groups (broad SMARTS) is 1. The van der Waals surface area contributed by atoms with Gasteiger partial charge in [0.2, 0.25) is 0 Å². The fourth-order valence-corrected chi connectivity index (χ4v) is 3.36. The van der Waals surface area contributed by atoms with Gasteiger partial charge in [-0.2, -0.15) is 13.2 Å². The van der Waals surface area contributed by atoms with Crippen LogP contribution < -0.4 is 9.47 Å². The Bertz CT molecular complexity index is 1230. The molecular formula is C26H20F4O5. The maximum atomic E-state index is 14.7. The Hall–Kier alpha value is -4.14. The minimum absolute atomic E-state index is 0.0876. The van der Waals surface area contributed by atoms with Crippen LogP contribution in [0.3, 0.4) is 0 Å². The zero-order valence-corrected chi connectivity index (χ0v) is 18.3. The van der Waals surface area contributed by atoms with Crippen molar-refractivity contribution in [3.05, 3.63) is 95.3 Å². The number of carboxylic acids is 1. The molecule has 0 spiro atoms. The molecule has 0 saturated carbocycles. The number of rotatable bonds is 10.